The molecule has 3 aromatic rings. The van der Waals surface area contributed by atoms with Gasteiger partial charge in [-0.3, -0.25) is 9.59 Å². The lowest BCUT2D eigenvalue weighted by molar-refractivity contribution is -0.140. The van der Waals surface area contributed by atoms with E-state index in [2.05, 4.69) is 9.72 Å². The van der Waals surface area contributed by atoms with Crippen LogP contribution in [-0.4, -0.2) is 61.2 Å². The first-order chi connectivity index (χ1) is 14.8. The maximum absolute atomic E-state index is 13.1. The first kappa shape index (κ1) is 22.2. The van der Waals surface area contributed by atoms with Gasteiger partial charge < -0.3 is 9.64 Å². The van der Waals surface area contributed by atoms with Gasteiger partial charge in [0, 0.05) is 28.2 Å². The lowest BCUT2D eigenvalue weighted by atomic mass is 10.3. The number of carbonyl (C=O) groups is 2. The predicted molar refractivity (Wildman–Crippen MR) is 119 cm³/mol. The van der Waals surface area contributed by atoms with Crippen molar-refractivity contribution >= 4 is 66.3 Å². The molecule has 1 saturated heterocycles. The average Bonchev–Trinajstić information content (AvgIpc) is 3.36. The summed E-state index contributed by atoms with van der Waals surface area (Å²) in [7, 11) is -2.47. The van der Waals surface area contributed by atoms with Gasteiger partial charge in [-0.05, 0) is 23.6 Å². The van der Waals surface area contributed by atoms with E-state index in [0.29, 0.717) is 15.7 Å². The molecule has 0 bridgehead atoms. The van der Waals surface area contributed by atoms with Crippen LogP contribution in [-0.2, 0) is 37.3 Å². The molecule has 12 heteroatoms. The molecule has 164 valence electrons. The number of esters is 1. The number of piperazine rings is 1. The Labute approximate surface area is 192 Å². The molecule has 8 nitrogen and oxygen atoms in total. The van der Waals surface area contributed by atoms with Crippen LogP contribution >= 0.6 is 34.3 Å². The Morgan fingerprint density at radius 1 is 1.29 bits per heavy atom. The Morgan fingerprint density at radius 3 is 2.84 bits per heavy atom. The van der Waals surface area contributed by atoms with E-state index < -0.39 is 10.0 Å². The number of ether oxygens (including phenoxy) is 1. The van der Waals surface area contributed by atoms with Crippen molar-refractivity contribution < 1.29 is 22.7 Å². The highest BCUT2D eigenvalue weighted by atomic mass is 35.5. The van der Waals surface area contributed by atoms with Crippen molar-refractivity contribution in [2.75, 3.05) is 26.7 Å². The first-order valence-electron chi connectivity index (χ1n) is 9.23. The van der Waals surface area contributed by atoms with Crippen molar-refractivity contribution in [3.8, 4) is 0 Å². The summed E-state index contributed by atoms with van der Waals surface area (Å²) < 4.78 is 32.9. The number of hydrogen-bond acceptors (Lipinski definition) is 8. The summed E-state index contributed by atoms with van der Waals surface area (Å²) in [4.78, 5) is 29.9. The lowest BCUT2D eigenvalue weighted by Gasteiger charge is -2.32. The SMILES string of the molecule is COC(=O)Cc1csc(CN2CCN(S(=O)(=O)c3cc4ccc(Cl)cc4s3)CC2=O)n1. The molecule has 0 radical (unpaired) electrons. The van der Waals surface area contributed by atoms with E-state index in [1.807, 2.05) is 0 Å². The Kier molecular flexibility index (Phi) is 6.31. The quantitative estimate of drug-likeness (QED) is 0.484. The van der Waals surface area contributed by atoms with Gasteiger partial charge in [-0.15, -0.1) is 22.7 Å². The van der Waals surface area contributed by atoms with Crippen LogP contribution in [0.4, 0.5) is 0 Å². The van der Waals surface area contributed by atoms with Gasteiger partial charge in [0.25, 0.3) is 10.0 Å². The van der Waals surface area contributed by atoms with E-state index in [1.54, 1.807) is 34.5 Å². The standard InChI is InChI=1S/C19H18ClN3O5S3/c1-28-18(25)8-14-11-29-16(21-14)9-22-4-5-23(10-17(22)24)31(26,27)19-6-12-2-3-13(20)7-15(12)30-19/h2-3,6-7,11H,4-5,8-10H2,1H3. The fraction of sp³-hybridized carbons (Fsp3) is 0.316. The Hall–Kier alpha value is -2.05. The van der Waals surface area contributed by atoms with E-state index in [1.165, 1.54) is 22.8 Å². The molecule has 1 amide bonds. The predicted octanol–water partition coefficient (Wildman–Crippen LogP) is 2.76. The Morgan fingerprint density at radius 2 is 2.10 bits per heavy atom. The highest BCUT2D eigenvalue weighted by Gasteiger charge is 2.34. The molecule has 1 aliphatic rings. The molecule has 1 fully saturated rings. The van der Waals surface area contributed by atoms with Crippen molar-refractivity contribution in [3.63, 3.8) is 0 Å². The largest absolute Gasteiger partial charge is 0.469 e. The van der Waals surface area contributed by atoms with Crippen LogP contribution in [0.5, 0.6) is 0 Å². The van der Waals surface area contributed by atoms with Crippen LogP contribution in [0, 0.1) is 0 Å². The minimum Gasteiger partial charge on any atom is -0.469 e. The van der Waals surface area contributed by atoms with Crippen LogP contribution in [0.2, 0.25) is 5.02 Å². The molecule has 4 rings (SSSR count). The summed E-state index contributed by atoms with van der Waals surface area (Å²) in [5.41, 5.74) is 0.588. The van der Waals surface area contributed by atoms with Gasteiger partial charge in [0.15, 0.2) is 0 Å². The number of amides is 1. The van der Waals surface area contributed by atoms with Crippen LogP contribution in [0.3, 0.4) is 0 Å². The Balaban J connectivity index is 1.43. The second-order valence-corrected chi connectivity index (χ2v) is 11.5. The minimum atomic E-state index is -3.78. The van der Waals surface area contributed by atoms with Gasteiger partial charge >= 0.3 is 5.97 Å². The summed E-state index contributed by atoms with van der Waals surface area (Å²) in [6, 6.07) is 6.83. The molecule has 31 heavy (non-hydrogen) atoms. The smallest absolute Gasteiger partial charge is 0.311 e. The van der Waals surface area contributed by atoms with Crippen molar-refractivity contribution in [2.24, 2.45) is 0 Å². The summed E-state index contributed by atoms with van der Waals surface area (Å²) in [5, 5.41) is 3.78. The lowest BCUT2D eigenvalue weighted by Crippen LogP contribution is -2.51. The topological polar surface area (TPSA) is 96.9 Å². The maximum atomic E-state index is 13.1. The van der Waals surface area contributed by atoms with Gasteiger partial charge in [-0.25, -0.2) is 13.4 Å². The van der Waals surface area contributed by atoms with E-state index in [4.69, 9.17) is 11.6 Å². The zero-order valence-electron chi connectivity index (χ0n) is 16.4. The number of hydrogen-bond donors (Lipinski definition) is 0. The second-order valence-electron chi connectivity index (χ2n) is 6.89. The number of methoxy groups -OCH3 is 1. The number of benzene rings is 1. The Bertz CT molecular complexity index is 1250. The molecular formula is C19H18ClN3O5S3. The zero-order valence-corrected chi connectivity index (χ0v) is 19.6. The molecule has 2 aromatic heterocycles. The molecule has 0 aliphatic carbocycles. The average molecular weight is 500 g/mol. The third-order valence-corrected chi connectivity index (χ3v) is 9.33. The highest BCUT2D eigenvalue weighted by molar-refractivity contribution is 7.91. The maximum Gasteiger partial charge on any atom is 0.311 e. The summed E-state index contributed by atoms with van der Waals surface area (Å²) in [6.45, 7) is 0.516. The van der Waals surface area contributed by atoms with E-state index in [0.717, 1.165) is 21.4 Å². The zero-order chi connectivity index (χ0) is 22.2. The van der Waals surface area contributed by atoms with Crippen LogP contribution in [0.15, 0.2) is 33.9 Å². The van der Waals surface area contributed by atoms with Crippen molar-refractivity contribution in [2.45, 2.75) is 17.2 Å². The number of aromatic nitrogens is 1. The molecule has 0 N–H and O–H groups in total. The molecule has 0 atom stereocenters. The number of thiazole rings is 1. The number of rotatable bonds is 6. The van der Waals surface area contributed by atoms with Gasteiger partial charge in [0.05, 0.1) is 32.3 Å². The van der Waals surface area contributed by atoms with Gasteiger partial charge in [0.1, 0.15) is 9.22 Å². The molecule has 1 aromatic carbocycles. The molecular weight excluding hydrogens is 482 g/mol. The van der Waals surface area contributed by atoms with Crippen LogP contribution in [0.25, 0.3) is 10.1 Å². The monoisotopic (exact) mass is 499 g/mol. The van der Waals surface area contributed by atoms with Crippen LogP contribution in [0.1, 0.15) is 10.7 Å². The number of nitrogens with zero attached hydrogens (tertiary/aromatic N) is 3. The normalized spacial score (nSPS) is 15.5. The van der Waals surface area contributed by atoms with Gasteiger partial charge in [-0.2, -0.15) is 4.31 Å². The van der Waals surface area contributed by atoms with Gasteiger partial charge in [-0.1, -0.05) is 17.7 Å². The third kappa shape index (κ3) is 4.75. The van der Waals surface area contributed by atoms with E-state index in [9.17, 15) is 18.0 Å². The van der Waals surface area contributed by atoms with Crippen molar-refractivity contribution in [1.29, 1.82) is 0 Å². The molecule has 0 unspecified atom stereocenters. The summed E-state index contributed by atoms with van der Waals surface area (Å²) in [6.07, 6.45) is 0.0767. The summed E-state index contributed by atoms with van der Waals surface area (Å²) in [5.74, 6) is -0.668. The van der Waals surface area contributed by atoms with Crippen molar-refractivity contribution in [3.05, 3.63) is 45.4 Å². The summed E-state index contributed by atoms with van der Waals surface area (Å²) >= 11 is 8.49. The fourth-order valence-electron chi connectivity index (χ4n) is 3.18. The highest BCUT2D eigenvalue weighted by Crippen LogP contribution is 2.33. The van der Waals surface area contributed by atoms with Crippen LogP contribution < -0.4 is 0 Å². The third-order valence-electron chi connectivity index (χ3n) is 4.82. The number of sulfonamides is 1. The number of thiophene rings is 1. The molecule has 3 heterocycles. The van der Waals surface area contributed by atoms with Gasteiger partial charge in [0.2, 0.25) is 5.91 Å². The molecule has 1 aliphatic heterocycles. The first-order valence-corrected chi connectivity index (χ1v) is 12.7. The molecule has 0 spiro atoms. The van der Waals surface area contributed by atoms with E-state index in [-0.39, 0.29) is 48.7 Å². The number of halogens is 1. The minimum absolute atomic E-state index is 0.0767. The number of carbonyl (C=O) groups excluding carboxylic acids is 2. The van der Waals surface area contributed by atoms with Crippen molar-refractivity contribution in [1.82, 2.24) is 14.2 Å². The second kappa shape index (κ2) is 8.83. The fourth-order valence-corrected chi connectivity index (χ4v) is 7.20. The number of fused-ring (bicyclic) bond motifs is 1. The van der Waals surface area contributed by atoms with E-state index >= 15 is 0 Å². The molecule has 0 saturated carbocycles.